The van der Waals surface area contributed by atoms with Crippen molar-refractivity contribution in [2.45, 2.75) is 29.7 Å². The van der Waals surface area contributed by atoms with Crippen molar-refractivity contribution in [1.29, 1.82) is 0 Å². The lowest BCUT2D eigenvalue weighted by Crippen LogP contribution is -2.51. The smallest absolute Gasteiger partial charge is 0.322 e. The highest BCUT2D eigenvalue weighted by molar-refractivity contribution is 8.15. The molecule has 0 aromatic heterocycles. The zero-order valence-corrected chi connectivity index (χ0v) is 17.9. The van der Waals surface area contributed by atoms with Gasteiger partial charge in [0.05, 0.1) is 0 Å². The maximum atomic E-state index is 13.9. The van der Waals surface area contributed by atoms with E-state index in [1.807, 2.05) is 6.08 Å². The Kier molecular flexibility index (Phi) is 5.20. The van der Waals surface area contributed by atoms with Crippen LogP contribution in [0.15, 0.2) is 53.8 Å². The molecule has 0 radical (unpaired) electrons. The van der Waals surface area contributed by atoms with E-state index in [-0.39, 0.29) is 29.7 Å². The minimum atomic E-state index is -1.43. The van der Waals surface area contributed by atoms with Crippen LogP contribution in [0.3, 0.4) is 0 Å². The molecule has 1 aromatic carbocycles. The van der Waals surface area contributed by atoms with Crippen molar-refractivity contribution in [2.24, 2.45) is 0 Å². The number of thioether (sulfide) groups is 1. The van der Waals surface area contributed by atoms with Crippen LogP contribution in [0.25, 0.3) is 0 Å². The number of rotatable bonds is 4. The predicted octanol–water partition coefficient (Wildman–Crippen LogP) is 2.15. The van der Waals surface area contributed by atoms with E-state index in [9.17, 15) is 23.6 Å². The molecule has 11 heteroatoms. The Morgan fingerprint density at radius 2 is 2.06 bits per heavy atom. The van der Waals surface area contributed by atoms with E-state index in [4.69, 9.17) is 9.47 Å². The predicted molar refractivity (Wildman–Crippen MR) is 115 cm³/mol. The molecule has 2 fully saturated rings. The van der Waals surface area contributed by atoms with Crippen LogP contribution >= 0.6 is 11.8 Å². The Labute approximate surface area is 191 Å². The van der Waals surface area contributed by atoms with E-state index in [2.05, 4.69) is 16.0 Å². The average Bonchev–Trinajstić information content (AvgIpc) is 3.24. The number of allylic oxidation sites excluding steroid dienone is 4. The first-order chi connectivity index (χ1) is 15.8. The van der Waals surface area contributed by atoms with Crippen molar-refractivity contribution in [1.82, 2.24) is 16.0 Å². The van der Waals surface area contributed by atoms with Gasteiger partial charge in [-0.15, -0.1) is 0 Å². The molecule has 3 aliphatic heterocycles. The number of ether oxygens (including phenoxy) is 2. The topological polar surface area (TPSA) is 123 Å². The van der Waals surface area contributed by atoms with Gasteiger partial charge in [0.1, 0.15) is 35.3 Å². The molecule has 0 saturated carbocycles. The fourth-order valence-electron chi connectivity index (χ4n) is 4.17. The molecule has 4 aliphatic rings. The van der Waals surface area contributed by atoms with E-state index in [0.29, 0.717) is 17.9 Å². The first-order valence-corrected chi connectivity index (χ1v) is 11.0. The first kappa shape index (κ1) is 21.3. The highest BCUT2D eigenvalue weighted by Gasteiger charge is 2.53. The molecule has 3 N–H and O–H groups in total. The Balaban J connectivity index is 1.26. The average molecular weight is 471 g/mol. The number of imide groups is 2. The largest absolute Gasteiger partial charge is 0.490 e. The zero-order valence-electron chi connectivity index (χ0n) is 17.1. The van der Waals surface area contributed by atoms with Crippen molar-refractivity contribution in [3.8, 4) is 5.75 Å². The molecule has 0 bridgehead atoms. The number of carbonyl (C=O) groups is 4. The Hall–Kier alpha value is -3.60. The number of urea groups is 1. The van der Waals surface area contributed by atoms with Crippen molar-refractivity contribution >= 4 is 34.8 Å². The summed E-state index contributed by atoms with van der Waals surface area (Å²) in [4.78, 5) is 47.5. The lowest BCUT2D eigenvalue weighted by molar-refractivity contribution is -0.126. The van der Waals surface area contributed by atoms with Crippen LogP contribution in [0.4, 0.5) is 14.0 Å². The van der Waals surface area contributed by atoms with Gasteiger partial charge in [0.2, 0.25) is 5.91 Å². The molecule has 5 rings (SSSR count). The summed E-state index contributed by atoms with van der Waals surface area (Å²) in [6.07, 6.45) is 7.12. The van der Waals surface area contributed by atoms with Gasteiger partial charge < -0.3 is 14.8 Å². The van der Waals surface area contributed by atoms with Crippen molar-refractivity contribution in [2.75, 3.05) is 6.61 Å². The van der Waals surface area contributed by atoms with Gasteiger partial charge in [-0.2, -0.15) is 0 Å². The highest BCUT2D eigenvalue weighted by Crippen LogP contribution is 2.42. The number of fused-ring (bicyclic) bond motifs is 2. The number of nitrogens with one attached hydrogen (secondary N) is 3. The van der Waals surface area contributed by atoms with Gasteiger partial charge in [-0.1, -0.05) is 12.2 Å². The van der Waals surface area contributed by atoms with Crippen molar-refractivity contribution in [3.05, 3.63) is 65.2 Å². The Morgan fingerprint density at radius 1 is 1.21 bits per heavy atom. The third kappa shape index (κ3) is 3.99. The summed E-state index contributed by atoms with van der Waals surface area (Å²) < 4.78 is 25.6. The van der Waals surface area contributed by atoms with E-state index >= 15 is 0 Å². The number of hydrogen-bond acceptors (Lipinski definition) is 7. The van der Waals surface area contributed by atoms with Crippen molar-refractivity contribution in [3.63, 3.8) is 0 Å². The summed E-state index contributed by atoms with van der Waals surface area (Å²) >= 11 is 0.938. The third-order valence-corrected chi connectivity index (χ3v) is 6.61. The zero-order chi connectivity index (χ0) is 23.2. The quantitative estimate of drug-likeness (QED) is 0.575. The molecular formula is C22H18FN3O6S. The van der Waals surface area contributed by atoms with Crippen LogP contribution in [0, 0.1) is 5.82 Å². The van der Waals surface area contributed by atoms with Crippen LogP contribution in [0.1, 0.15) is 18.4 Å². The van der Waals surface area contributed by atoms with Gasteiger partial charge in [0.25, 0.3) is 11.1 Å². The number of carbonyl (C=O) groups excluding carboxylic acids is 4. The summed E-state index contributed by atoms with van der Waals surface area (Å²) in [5.74, 6) is -0.558. The van der Waals surface area contributed by atoms with Crippen LogP contribution < -0.4 is 20.7 Å². The fraction of sp³-hybridized carbons (Fsp3) is 0.273. The minimum Gasteiger partial charge on any atom is -0.490 e. The van der Waals surface area contributed by atoms with Gasteiger partial charge in [-0.25, -0.2) is 9.18 Å². The summed E-state index contributed by atoms with van der Waals surface area (Å²) in [6.45, 7) is 0.0896. The van der Waals surface area contributed by atoms with Gasteiger partial charge >= 0.3 is 6.03 Å². The molecule has 3 atom stereocenters. The number of benzene rings is 1. The van der Waals surface area contributed by atoms with E-state index in [0.717, 1.165) is 17.3 Å². The van der Waals surface area contributed by atoms with Crippen LogP contribution in [-0.2, 0) is 19.9 Å². The maximum absolute atomic E-state index is 13.9. The second kappa shape index (κ2) is 8.07. The van der Waals surface area contributed by atoms with E-state index < -0.39 is 34.6 Å². The fourth-order valence-corrected chi connectivity index (χ4v) is 4.97. The molecule has 9 nitrogen and oxygen atoms in total. The molecule has 1 aliphatic carbocycles. The molecular weight excluding hydrogens is 453 g/mol. The van der Waals surface area contributed by atoms with Gasteiger partial charge in [0, 0.05) is 12.0 Å². The highest BCUT2D eigenvalue weighted by atomic mass is 32.2. The Morgan fingerprint density at radius 3 is 2.73 bits per heavy atom. The molecule has 1 spiro atoms. The Bertz CT molecular complexity index is 1180. The van der Waals surface area contributed by atoms with Gasteiger partial charge in [0.15, 0.2) is 5.54 Å². The molecule has 33 heavy (non-hydrogen) atoms. The SMILES string of the molecule is O=C1NC(=O)C2(CC(COC3=CCC(=CC4SC(=O)NC4=O)C=C3)Oc3ccc(F)cc32)N1. The van der Waals surface area contributed by atoms with E-state index in [1.165, 1.54) is 18.2 Å². The lowest BCUT2D eigenvalue weighted by atomic mass is 9.82. The van der Waals surface area contributed by atoms with E-state index in [1.54, 1.807) is 18.2 Å². The molecule has 3 unspecified atom stereocenters. The molecule has 2 saturated heterocycles. The normalized spacial score (nSPS) is 29.4. The third-order valence-electron chi connectivity index (χ3n) is 5.69. The minimum absolute atomic E-state index is 0.0746. The van der Waals surface area contributed by atoms with Crippen LogP contribution in [0.5, 0.6) is 5.75 Å². The molecule has 170 valence electrons. The number of halogens is 1. The molecule has 1 aromatic rings. The number of hydrogen-bond donors (Lipinski definition) is 3. The molecule has 3 heterocycles. The number of amides is 5. The van der Waals surface area contributed by atoms with Gasteiger partial charge in [-0.3, -0.25) is 25.0 Å². The second-order valence-corrected chi connectivity index (χ2v) is 9.02. The second-order valence-electron chi connectivity index (χ2n) is 7.91. The first-order valence-electron chi connectivity index (χ1n) is 10.2. The maximum Gasteiger partial charge on any atom is 0.322 e. The summed E-state index contributed by atoms with van der Waals surface area (Å²) in [5, 5.41) is 6.18. The summed E-state index contributed by atoms with van der Waals surface area (Å²) in [7, 11) is 0. The monoisotopic (exact) mass is 471 g/mol. The molecule has 5 amide bonds. The van der Waals surface area contributed by atoms with Gasteiger partial charge in [-0.05, 0) is 54.1 Å². The summed E-state index contributed by atoms with van der Waals surface area (Å²) in [6, 6.07) is 3.19. The standard InChI is InChI=1S/C22H18FN3O6S/c23-12-3-6-16-15(8-12)22(19(28)25-20(29)26-22)9-14(32-16)10-31-13-4-1-11(2-5-13)7-17-18(27)24-21(30)33-17/h1,3-8,14,17H,2,9-10H2,(H,24,27,30)(H2,25,26,28,29). The van der Waals surface area contributed by atoms with Crippen LogP contribution in [0.2, 0.25) is 0 Å². The van der Waals surface area contributed by atoms with Crippen LogP contribution in [-0.4, -0.2) is 41.0 Å². The lowest BCUT2D eigenvalue weighted by Gasteiger charge is -2.37. The van der Waals surface area contributed by atoms with Crippen molar-refractivity contribution < 1.29 is 33.0 Å². The summed E-state index contributed by atoms with van der Waals surface area (Å²) in [5.41, 5.74) is -0.287.